The number of primary amides is 1. The summed E-state index contributed by atoms with van der Waals surface area (Å²) in [5, 5.41) is 18.5. The van der Waals surface area contributed by atoms with Crippen LogP contribution >= 0.6 is 0 Å². The average Bonchev–Trinajstić information content (AvgIpc) is 3.35. The summed E-state index contributed by atoms with van der Waals surface area (Å²) in [6, 6.07) is 4.12. The lowest BCUT2D eigenvalue weighted by atomic mass is 10.0. The van der Waals surface area contributed by atoms with Crippen molar-refractivity contribution in [1.82, 2.24) is 30.9 Å². The van der Waals surface area contributed by atoms with Crippen LogP contribution in [0, 0.1) is 5.92 Å². The Morgan fingerprint density at radius 3 is 2.33 bits per heavy atom. The molecule has 0 aliphatic rings. The molecule has 0 fully saturated rings. The number of nitrogens with zero attached hydrogens (tertiary/aromatic N) is 3. The summed E-state index contributed by atoms with van der Waals surface area (Å²) in [7, 11) is 0. The number of hydrogen-bond donors (Lipinski definition) is 5. The fourth-order valence-electron chi connectivity index (χ4n) is 3.63. The molecule has 0 saturated carbocycles. The highest BCUT2D eigenvalue weighted by atomic mass is 16.5. The van der Waals surface area contributed by atoms with E-state index < -0.39 is 41.8 Å². The van der Waals surface area contributed by atoms with Gasteiger partial charge in [-0.2, -0.15) is 0 Å². The van der Waals surface area contributed by atoms with Gasteiger partial charge >= 0.3 is 12.0 Å². The highest BCUT2D eigenvalue weighted by molar-refractivity contribution is 5.98. The monoisotopic (exact) mass is 558 g/mol. The summed E-state index contributed by atoms with van der Waals surface area (Å²) in [6.07, 6.45) is 2.89. The molecule has 2 aromatic rings. The molecule has 1 heterocycles. The van der Waals surface area contributed by atoms with Crippen LogP contribution in [0.5, 0.6) is 0 Å². The largest absolute Gasteiger partial charge is 0.461 e. The third-order valence-corrected chi connectivity index (χ3v) is 5.78. The second-order valence-corrected chi connectivity index (χ2v) is 9.51. The molecule has 0 bridgehead atoms. The predicted octanol–water partition coefficient (Wildman–Crippen LogP) is 0.616. The average molecular weight is 559 g/mol. The van der Waals surface area contributed by atoms with E-state index in [1.54, 1.807) is 44.3 Å². The van der Waals surface area contributed by atoms with Crippen molar-refractivity contribution in [2.45, 2.75) is 72.2 Å². The summed E-state index contributed by atoms with van der Waals surface area (Å²) >= 11 is 0. The molecule has 2 rings (SSSR count). The van der Waals surface area contributed by atoms with E-state index in [0.717, 1.165) is 11.3 Å². The lowest BCUT2D eigenvalue weighted by Gasteiger charge is -2.25. The molecule has 0 aliphatic carbocycles. The predicted molar refractivity (Wildman–Crippen MR) is 145 cm³/mol. The van der Waals surface area contributed by atoms with E-state index in [9.17, 15) is 24.0 Å². The lowest BCUT2D eigenvalue weighted by Crippen LogP contribution is -2.55. The van der Waals surface area contributed by atoms with Gasteiger partial charge in [0.2, 0.25) is 17.7 Å². The Hall–Kier alpha value is -4.49. The van der Waals surface area contributed by atoms with Crippen LogP contribution in [0.15, 0.2) is 30.5 Å². The molecule has 14 nitrogen and oxygen atoms in total. The number of carbonyl (C=O) groups excluding carboxylic acids is 5. The molecule has 1 aromatic heterocycles. The van der Waals surface area contributed by atoms with Crippen LogP contribution in [0.2, 0.25) is 0 Å². The first-order valence-electron chi connectivity index (χ1n) is 13.0. The van der Waals surface area contributed by atoms with Gasteiger partial charge in [0, 0.05) is 25.4 Å². The molecule has 1 aromatic carbocycles. The minimum atomic E-state index is -0.969. The lowest BCUT2D eigenvalue weighted by molar-refractivity contribution is -0.142. The molecule has 2 atom stereocenters. The first kappa shape index (κ1) is 31.7. The first-order chi connectivity index (χ1) is 19.0. The Labute approximate surface area is 232 Å². The van der Waals surface area contributed by atoms with Gasteiger partial charge in [-0.05, 0) is 42.9 Å². The van der Waals surface area contributed by atoms with Gasteiger partial charge in [-0.3, -0.25) is 19.2 Å². The van der Waals surface area contributed by atoms with Crippen LogP contribution in [0.1, 0.15) is 51.8 Å². The van der Waals surface area contributed by atoms with E-state index in [0.29, 0.717) is 18.5 Å². The van der Waals surface area contributed by atoms with Gasteiger partial charge in [-0.1, -0.05) is 38.1 Å². The van der Waals surface area contributed by atoms with Gasteiger partial charge in [0.05, 0.1) is 5.69 Å². The molecule has 40 heavy (non-hydrogen) atoms. The van der Waals surface area contributed by atoms with Crippen molar-refractivity contribution in [2.75, 3.05) is 11.9 Å². The van der Waals surface area contributed by atoms with E-state index in [4.69, 9.17) is 10.5 Å². The highest BCUT2D eigenvalue weighted by Crippen LogP contribution is 2.13. The van der Waals surface area contributed by atoms with E-state index >= 15 is 0 Å². The molecule has 0 spiro atoms. The molecule has 0 unspecified atom stereocenters. The Bertz CT molecular complexity index is 1160. The number of amides is 5. The molecule has 0 radical (unpaired) electrons. The Balaban J connectivity index is 2.07. The smallest absolute Gasteiger partial charge is 0.312 e. The number of hydrogen-bond acceptors (Lipinski definition) is 8. The minimum Gasteiger partial charge on any atom is -0.461 e. The summed E-state index contributed by atoms with van der Waals surface area (Å²) in [5.41, 5.74) is 7.06. The number of rotatable bonds is 15. The summed E-state index contributed by atoms with van der Waals surface area (Å²) in [6.45, 7) is 6.99. The number of benzene rings is 1. The fourth-order valence-corrected chi connectivity index (χ4v) is 3.63. The quantitative estimate of drug-likeness (QED) is 0.155. The van der Waals surface area contributed by atoms with E-state index in [1.807, 2.05) is 6.92 Å². The normalized spacial score (nSPS) is 12.2. The third kappa shape index (κ3) is 11.1. The Morgan fingerprint density at radius 1 is 1.05 bits per heavy atom. The van der Waals surface area contributed by atoms with Gasteiger partial charge < -0.3 is 31.7 Å². The number of aryl methyl sites for hydroxylation is 1. The van der Waals surface area contributed by atoms with Crippen LogP contribution in [0.25, 0.3) is 0 Å². The minimum absolute atomic E-state index is 0.105. The molecule has 6 N–H and O–H groups in total. The van der Waals surface area contributed by atoms with Gasteiger partial charge in [-0.25, -0.2) is 9.48 Å². The number of anilines is 1. The maximum absolute atomic E-state index is 13.2. The number of esters is 1. The zero-order valence-corrected chi connectivity index (χ0v) is 23.2. The zero-order chi connectivity index (χ0) is 29.7. The first-order valence-corrected chi connectivity index (χ1v) is 13.0. The van der Waals surface area contributed by atoms with Crippen LogP contribution in [-0.2, 0) is 43.5 Å². The maximum Gasteiger partial charge on any atom is 0.312 e. The second kappa shape index (κ2) is 15.8. The van der Waals surface area contributed by atoms with Crippen LogP contribution < -0.4 is 27.0 Å². The van der Waals surface area contributed by atoms with Gasteiger partial charge in [-0.15, -0.1) is 5.10 Å². The van der Waals surface area contributed by atoms with Gasteiger partial charge in [0.1, 0.15) is 25.2 Å². The van der Waals surface area contributed by atoms with Crippen LogP contribution in [-0.4, -0.2) is 63.3 Å². The summed E-state index contributed by atoms with van der Waals surface area (Å²) < 4.78 is 6.35. The molecule has 14 heteroatoms. The second-order valence-electron chi connectivity index (χ2n) is 9.51. The molecular formula is C26H38N8O6. The maximum atomic E-state index is 13.2. The van der Waals surface area contributed by atoms with E-state index in [-0.39, 0.29) is 32.0 Å². The molecule has 0 saturated heterocycles. The zero-order valence-electron chi connectivity index (χ0n) is 23.2. The van der Waals surface area contributed by atoms with Crippen molar-refractivity contribution in [3.05, 3.63) is 41.7 Å². The van der Waals surface area contributed by atoms with Crippen molar-refractivity contribution in [3.8, 4) is 0 Å². The van der Waals surface area contributed by atoms with Gasteiger partial charge in [0.25, 0.3) is 0 Å². The number of urea groups is 1. The molecule has 0 aliphatic heterocycles. The van der Waals surface area contributed by atoms with E-state index in [1.165, 1.54) is 11.6 Å². The number of nitrogens with one attached hydrogen (secondary N) is 4. The van der Waals surface area contributed by atoms with Crippen LogP contribution in [0.3, 0.4) is 0 Å². The number of carbonyl (C=O) groups is 5. The molecule has 5 amide bonds. The van der Waals surface area contributed by atoms with Crippen molar-refractivity contribution < 1.29 is 28.7 Å². The molecular weight excluding hydrogens is 520 g/mol. The van der Waals surface area contributed by atoms with Crippen molar-refractivity contribution >= 4 is 35.4 Å². The SMILES string of the molecule is CCc1cn(CC(=O)N[C@H](C(=O)N[C@@H](CCCNC(N)=O)C(=O)Nc2ccc(COC(C)=O)cc2)C(C)C)nn1. The molecule has 218 valence electrons. The van der Waals surface area contributed by atoms with Crippen molar-refractivity contribution in [2.24, 2.45) is 11.7 Å². The number of ether oxygens (including phenoxy) is 1. The van der Waals surface area contributed by atoms with Crippen LogP contribution in [0.4, 0.5) is 10.5 Å². The van der Waals surface area contributed by atoms with E-state index in [2.05, 4.69) is 31.6 Å². The summed E-state index contributed by atoms with van der Waals surface area (Å²) in [5.74, 6) is -2.13. The number of nitrogens with two attached hydrogens (primary N) is 1. The Morgan fingerprint density at radius 2 is 1.75 bits per heavy atom. The fraction of sp³-hybridized carbons (Fsp3) is 0.500. The topological polar surface area (TPSA) is 199 Å². The standard InChI is InChI=1S/C26H38N8O6/c1-5-19-13-34(33-32-19)14-22(36)31-23(16(2)3)25(38)30-21(7-6-12-28-26(27)39)24(37)29-20-10-8-18(9-11-20)15-40-17(4)35/h8-11,13,16,21,23H,5-7,12,14-15H2,1-4H3,(H,29,37)(H,30,38)(H,31,36)(H3,27,28,39)/t21-,23-/m0/s1. The Kier molecular flexibility index (Phi) is 12.5. The third-order valence-electron chi connectivity index (χ3n) is 5.78. The van der Waals surface area contributed by atoms with Crippen molar-refractivity contribution in [3.63, 3.8) is 0 Å². The van der Waals surface area contributed by atoms with Crippen molar-refractivity contribution in [1.29, 1.82) is 0 Å². The number of aromatic nitrogens is 3. The highest BCUT2D eigenvalue weighted by Gasteiger charge is 2.29. The van der Waals surface area contributed by atoms with Gasteiger partial charge in [0.15, 0.2) is 0 Å². The summed E-state index contributed by atoms with van der Waals surface area (Å²) in [4.78, 5) is 61.0.